The van der Waals surface area contributed by atoms with Crippen molar-refractivity contribution in [2.45, 2.75) is 13.3 Å². The Morgan fingerprint density at radius 3 is 2.23 bits per heavy atom. The standard InChI is InChI=1S/C23H28N2O5/c1-17-5-8-19(9-6-17)30-16-22(26)24-11-4-12-25(14-13-24)23(27)18-7-10-20(28-2)21(15-18)29-3/h5-10,15H,4,11-14,16H2,1-3H3. The highest BCUT2D eigenvalue weighted by atomic mass is 16.5. The molecule has 0 radical (unpaired) electrons. The van der Waals surface area contributed by atoms with Gasteiger partial charge in [-0.3, -0.25) is 9.59 Å². The average Bonchev–Trinajstić information content (AvgIpc) is 3.04. The molecule has 7 heteroatoms. The van der Waals surface area contributed by atoms with Crippen LogP contribution in [0.1, 0.15) is 22.3 Å². The van der Waals surface area contributed by atoms with Gasteiger partial charge in [0, 0.05) is 31.7 Å². The van der Waals surface area contributed by atoms with E-state index in [4.69, 9.17) is 14.2 Å². The van der Waals surface area contributed by atoms with E-state index in [9.17, 15) is 9.59 Å². The third-order valence-electron chi connectivity index (χ3n) is 5.15. The zero-order chi connectivity index (χ0) is 21.5. The van der Waals surface area contributed by atoms with Crippen molar-refractivity contribution >= 4 is 11.8 Å². The molecule has 1 fully saturated rings. The highest BCUT2D eigenvalue weighted by molar-refractivity contribution is 5.95. The fourth-order valence-electron chi connectivity index (χ4n) is 3.39. The Balaban J connectivity index is 1.56. The van der Waals surface area contributed by atoms with E-state index in [0.29, 0.717) is 49.0 Å². The zero-order valence-corrected chi connectivity index (χ0v) is 17.7. The van der Waals surface area contributed by atoms with Gasteiger partial charge in [-0.2, -0.15) is 0 Å². The molecule has 3 rings (SSSR count). The molecule has 1 saturated heterocycles. The van der Waals surface area contributed by atoms with Crippen molar-refractivity contribution in [1.29, 1.82) is 0 Å². The lowest BCUT2D eigenvalue weighted by atomic mass is 10.1. The second kappa shape index (κ2) is 10.0. The van der Waals surface area contributed by atoms with Gasteiger partial charge in [-0.1, -0.05) is 17.7 Å². The maximum Gasteiger partial charge on any atom is 0.260 e. The fourth-order valence-corrected chi connectivity index (χ4v) is 3.39. The van der Waals surface area contributed by atoms with Gasteiger partial charge < -0.3 is 24.0 Å². The van der Waals surface area contributed by atoms with E-state index in [2.05, 4.69) is 0 Å². The molecule has 1 aliphatic heterocycles. The third kappa shape index (κ3) is 5.23. The van der Waals surface area contributed by atoms with E-state index in [1.807, 2.05) is 31.2 Å². The van der Waals surface area contributed by atoms with Crippen LogP contribution in [0, 0.1) is 6.92 Å². The van der Waals surface area contributed by atoms with E-state index in [1.165, 1.54) is 0 Å². The molecular formula is C23H28N2O5. The number of aryl methyl sites for hydroxylation is 1. The zero-order valence-electron chi connectivity index (χ0n) is 17.7. The summed E-state index contributed by atoms with van der Waals surface area (Å²) in [6.45, 7) is 4.15. The van der Waals surface area contributed by atoms with Gasteiger partial charge in [-0.15, -0.1) is 0 Å². The van der Waals surface area contributed by atoms with Gasteiger partial charge in [-0.05, 0) is 43.7 Å². The van der Waals surface area contributed by atoms with Gasteiger partial charge in [0.15, 0.2) is 18.1 Å². The first-order chi connectivity index (χ1) is 14.5. The van der Waals surface area contributed by atoms with E-state index >= 15 is 0 Å². The maximum absolute atomic E-state index is 12.9. The summed E-state index contributed by atoms with van der Waals surface area (Å²) >= 11 is 0. The van der Waals surface area contributed by atoms with Crippen LogP contribution in [0.4, 0.5) is 0 Å². The molecule has 0 aromatic heterocycles. The van der Waals surface area contributed by atoms with E-state index in [-0.39, 0.29) is 18.4 Å². The smallest absolute Gasteiger partial charge is 0.260 e. The van der Waals surface area contributed by atoms with Gasteiger partial charge in [0.1, 0.15) is 5.75 Å². The fraction of sp³-hybridized carbons (Fsp3) is 0.391. The van der Waals surface area contributed by atoms with Crippen LogP contribution in [0.25, 0.3) is 0 Å². The van der Waals surface area contributed by atoms with Gasteiger partial charge in [0.25, 0.3) is 11.8 Å². The molecule has 0 bridgehead atoms. The van der Waals surface area contributed by atoms with Crippen molar-refractivity contribution in [3.63, 3.8) is 0 Å². The van der Waals surface area contributed by atoms with Crippen molar-refractivity contribution in [2.24, 2.45) is 0 Å². The molecule has 30 heavy (non-hydrogen) atoms. The molecule has 2 amide bonds. The number of benzene rings is 2. The topological polar surface area (TPSA) is 68.3 Å². The molecule has 0 atom stereocenters. The molecule has 0 saturated carbocycles. The van der Waals surface area contributed by atoms with E-state index < -0.39 is 0 Å². The maximum atomic E-state index is 12.9. The predicted octanol–water partition coefficient (Wildman–Crippen LogP) is 2.77. The minimum absolute atomic E-state index is 0.00726. The van der Waals surface area contributed by atoms with Crippen LogP contribution in [0.5, 0.6) is 17.2 Å². The van der Waals surface area contributed by atoms with Gasteiger partial charge in [0.2, 0.25) is 0 Å². The first kappa shape index (κ1) is 21.5. The molecule has 2 aromatic rings. The molecule has 0 spiro atoms. The van der Waals surface area contributed by atoms with Crippen molar-refractivity contribution in [3.8, 4) is 17.2 Å². The van der Waals surface area contributed by atoms with Gasteiger partial charge in [-0.25, -0.2) is 0 Å². The summed E-state index contributed by atoms with van der Waals surface area (Å²) < 4.78 is 16.1. The first-order valence-corrected chi connectivity index (χ1v) is 10.0. The monoisotopic (exact) mass is 412 g/mol. The number of nitrogens with zero attached hydrogens (tertiary/aromatic N) is 2. The van der Waals surface area contributed by atoms with Crippen molar-refractivity contribution < 1.29 is 23.8 Å². The van der Waals surface area contributed by atoms with Crippen molar-refractivity contribution in [3.05, 3.63) is 53.6 Å². The molecule has 2 aromatic carbocycles. The Labute approximate surface area is 177 Å². The van der Waals surface area contributed by atoms with Gasteiger partial charge in [0.05, 0.1) is 14.2 Å². The Hall–Kier alpha value is -3.22. The Bertz CT molecular complexity index is 882. The number of methoxy groups -OCH3 is 2. The van der Waals surface area contributed by atoms with Crippen LogP contribution in [0.15, 0.2) is 42.5 Å². The SMILES string of the molecule is COc1ccc(C(=O)N2CCCN(C(=O)COc3ccc(C)cc3)CC2)cc1OC. The van der Waals surface area contributed by atoms with Crippen molar-refractivity contribution in [1.82, 2.24) is 9.80 Å². The summed E-state index contributed by atoms with van der Waals surface area (Å²) in [5.74, 6) is 1.62. The Kier molecular flexibility index (Phi) is 7.17. The largest absolute Gasteiger partial charge is 0.493 e. The lowest BCUT2D eigenvalue weighted by Crippen LogP contribution is -2.39. The predicted molar refractivity (Wildman–Crippen MR) is 113 cm³/mol. The molecule has 0 aliphatic carbocycles. The molecule has 0 unspecified atom stereocenters. The number of hydrogen-bond donors (Lipinski definition) is 0. The summed E-state index contributed by atoms with van der Waals surface area (Å²) in [7, 11) is 3.10. The first-order valence-electron chi connectivity index (χ1n) is 10.0. The van der Waals surface area contributed by atoms with Crippen LogP contribution in [0.3, 0.4) is 0 Å². The average molecular weight is 412 g/mol. The van der Waals surface area contributed by atoms with Gasteiger partial charge >= 0.3 is 0 Å². The molecule has 1 heterocycles. The van der Waals surface area contributed by atoms with Crippen molar-refractivity contribution in [2.75, 3.05) is 47.0 Å². The lowest BCUT2D eigenvalue weighted by molar-refractivity contribution is -0.133. The van der Waals surface area contributed by atoms with E-state index in [0.717, 1.165) is 12.0 Å². The minimum Gasteiger partial charge on any atom is -0.493 e. The summed E-state index contributed by atoms with van der Waals surface area (Å²) in [6.07, 6.45) is 0.718. The third-order valence-corrected chi connectivity index (χ3v) is 5.15. The highest BCUT2D eigenvalue weighted by Gasteiger charge is 2.23. The molecule has 0 N–H and O–H groups in total. The quantitative estimate of drug-likeness (QED) is 0.730. The summed E-state index contributed by atoms with van der Waals surface area (Å²) in [6, 6.07) is 12.7. The van der Waals surface area contributed by atoms with Crippen LogP contribution in [0.2, 0.25) is 0 Å². The van der Waals surface area contributed by atoms with Crippen LogP contribution in [-0.2, 0) is 4.79 Å². The summed E-state index contributed by atoms with van der Waals surface area (Å²) in [4.78, 5) is 29.0. The molecule has 160 valence electrons. The highest BCUT2D eigenvalue weighted by Crippen LogP contribution is 2.28. The summed E-state index contributed by atoms with van der Waals surface area (Å²) in [5.41, 5.74) is 1.68. The molecule has 1 aliphatic rings. The minimum atomic E-state index is -0.0823. The number of ether oxygens (including phenoxy) is 3. The number of hydrogen-bond acceptors (Lipinski definition) is 5. The number of rotatable bonds is 6. The number of carbonyl (C=O) groups excluding carboxylic acids is 2. The second-order valence-electron chi connectivity index (χ2n) is 7.20. The number of amides is 2. The summed E-state index contributed by atoms with van der Waals surface area (Å²) in [5, 5.41) is 0. The van der Waals surface area contributed by atoms with Crippen LogP contribution >= 0.6 is 0 Å². The lowest BCUT2D eigenvalue weighted by Gasteiger charge is -2.22. The normalized spacial score (nSPS) is 14.1. The van der Waals surface area contributed by atoms with Crippen LogP contribution < -0.4 is 14.2 Å². The molecule has 7 nitrogen and oxygen atoms in total. The number of carbonyl (C=O) groups is 2. The Morgan fingerprint density at radius 1 is 0.867 bits per heavy atom. The second-order valence-corrected chi connectivity index (χ2v) is 7.20. The van der Waals surface area contributed by atoms with Crippen LogP contribution in [-0.4, -0.2) is 68.6 Å². The van der Waals surface area contributed by atoms with E-state index in [1.54, 1.807) is 42.2 Å². The Morgan fingerprint density at radius 2 is 1.53 bits per heavy atom. The molecular weight excluding hydrogens is 384 g/mol.